The third-order valence-electron chi connectivity index (χ3n) is 3.23. The summed E-state index contributed by atoms with van der Waals surface area (Å²) < 4.78 is 1.72. The Labute approximate surface area is 123 Å². The maximum atomic E-state index is 12.1. The average molecular weight is 288 g/mol. The maximum Gasteiger partial charge on any atom is 0.272 e. The number of hydrogen-bond donors (Lipinski definition) is 2. The first-order valence-corrected chi connectivity index (χ1v) is 6.89. The van der Waals surface area contributed by atoms with Crippen molar-refractivity contribution in [1.82, 2.24) is 20.1 Å². The molecular formula is C15H20N4O2. The van der Waals surface area contributed by atoms with Gasteiger partial charge in [-0.25, -0.2) is 0 Å². The van der Waals surface area contributed by atoms with Crippen LogP contribution in [0.5, 0.6) is 0 Å². The van der Waals surface area contributed by atoms with Crippen molar-refractivity contribution in [3.8, 4) is 0 Å². The molecule has 2 aromatic rings. The van der Waals surface area contributed by atoms with Crippen LogP contribution in [0, 0.1) is 6.92 Å². The molecule has 0 aliphatic rings. The lowest BCUT2D eigenvalue weighted by molar-refractivity contribution is 0.0945. The summed E-state index contributed by atoms with van der Waals surface area (Å²) in [4.78, 5) is 26.1. The van der Waals surface area contributed by atoms with Gasteiger partial charge in [-0.3, -0.25) is 14.3 Å². The van der Waals surface area contributed by atoms with Gasteiger partial charge >= 0.3 is 0 Å². The molecule has 0 saturated heterocycles. The third-order valence-corrected chi connectivity index (χ3v) is 3.23. The topological polar surface area (TPSA) is 79.8 Å². The molecule has 0 aromatic carbocycles. The monoisotopic (exact) mass is 288 g/mol. The molecule has 0 radical (unpaired) electrons. The van der Waals surface area contributed by atoms with Crippen molar-refractivity contribution in [2.45, 2.75) is 33.2 Å². The number of nitrogens with one attached hydrogen (secondary N) is 2. The summed E-state index contributed by atoms with van der Waals surface area (Å²) >= 11 is 0. The molecule has 0 spiro atoms. The average Bonchev–Trinajstić information content (AvgIpc) is 2.77. The molecule has 2 N–H and O–H groups in total. The second kappa shape index (κ2) is 5.95. The minimum absolute atomic E-state index is 0.167. The van der Waals surface area contributed by atoms with Crippen LogP contribution in [0.2, 0.25) is 0 Å². The lowest BCUT2D eigenvalue weighted by Crippen LogP contribution is -2.24. The van der Waals surface area contributed by atoms with Crippen LogP contribution in [-0.4, -0.2) is 20.7 Å². The zero-order valence-corrected chi connectivity index (χ0v) is 12.7. The highest BCUT2D eigenvalue weighted by Crippen LogP contribution is 2.14. The van der Waals surface area contributed by atoms with E-state index in [2.05, 4.69) is 29.2 Å². The molecule has 2 heterocycles. The highest BCUT2D eigenvalue weighted by Gasteiger charge is 2.14. The van der Waals surface area contributed by atoms with Gasteiger partial charge in [-0.1, -0.05) is 13.8 Å². The fourth-order valence-electron chi connectivity index (χ4n) is 2.26. The molecule has 6 heteroatoms. The van der Waals surface area contributed by atoms with Crippen molar-refractivity contribution in [2.75, 3.05) is 0 Å². The van der Waals surface area contributed by atoms with Gasteiger partial charge in [0.05, 0.1) is 0 Å². The summed E-state index contributed by atoms with van der Waals surface area (Å²) in [5.74, 6) is 0.0646. The number of aromatic nitrogens is 3. The zero-order chi connectivity index (χ0) is 15.6. The predicted octanol–water partition coefficient (Wildman–Crippen LogP) is 1.47. The zero-order valence-electron chi connectivity index (χ0n) is 12.7. The minimum Gasteiger partial charge on any atom is -0.347 e. The standard InChI is InChI=1S/C15H20N4O2/c1-9(2)13-7-12(18-19(13)4)15(21)16-8-11-5-10(3)17-14(20)6-11/h5-7,9H,8H2,1-4H3,(H,16,21)(H,17,20). The summed E-state index contributed by atoms with van der Waals surface area (Å²) in [5, 5.41) is 7.00. The van der Waals surface area contributed by atoms with Crippen LogP contribution in [0.4, 0.5) is 0 Å². The second-order valence-corrected chi connectivity index (χ2v) is 5.45. The third kappa shape index (κ3) is 3.59. The van der Waals surface area contributed by atoms with E-state index in [1.807, 2.05) is 13.1 Å². The van der Waals surface area contributed by atoms with E-state index < -0.39 is 0 Å². The summed E-state index contributed by atoms with van der Waals surface area (Å²) in [5.41, 5.74) is 2.77. The largest absolute Gasteiger partial charge is 0.347 e. The molecule has 2 aromatic heterocycles. The van der Waals surface area contributed by atoms with Gasteiger partial charge in [0.25, 0.3) is 5.91 Å². The van der Waals surface area contributed by atoms with Gasteiger partial charge in [-0.05, 0) is 30.5 Å². The van der Waals surface area contributed by atoms with E-state index in [9.17, 15) is 9.59 Å². The predicted molar refractivity (Wildman–Crippen MR) is 80.3 cm³/mol. The number of hydrogen-bond acceptors (Lipinski definition) is 3. The Kier molecular flexibility index (Phi) is 4.26. The molecule has 1 amide bonds. The molecule has 0 unspecified atom stereocenters. The highest BCUT2D eigenvalue weighted by atomic mass is 16.2. The fourth-order valence-corrected chi connectivity index (χ4v) is 2.26. The van der Waals surface area contributed by atoms with E-state index in [-0.39, 0.29) is 11.5 Å². The molecule has 0 saturated carbocycles. The van der Waals surface area contributed by atoms with Gasteiger partial charge in [0.1, 0.15) is 5.69 Å². The highest BCUT2D eigenvalue weighted by molar-refractivity contribution is 5.92. The van der Waals surface area contributed by atoms with E-state index in [1.165, 1.54) is 6.07 Å². The van der Waals surface area contributed by atoms with Gasteiger partial charge in [-0.15, -0.1) is 0 Å². The number of amides is 1. The Hall–Kier alpha value is -2.37. The number of carbonyl (C=O) groups is 1. The number of aromatic amines is 1. The molecular weight excluding hydrogens is 268 g/mol. The molecule has 21 heavy (non-hydrogen) atoms. The first-order chi connectivity index (χ1) is 9.86. The quantitative estimate of drug-likeness (QED) is 0.894. The number of aryl methyl sites for hydroxylation is 2. The number of pyridine rings is 1. The molecule has 2 rings (SSSR count). The molecule has 0 fully saturated rings. The van der Waals surface area contributed by atoms with Crippen LogP contribution in [0.1, 0.15) is 47.2 Å². The molecule has 0 atom stereocenters. The van der Waals surface area contributed by atoms with Gasteiger partial charge in [-0.2, -0.15) is 5.10 Å². The van der Waals surface area contributed by atoms with Crippen LogP contribution in [0.3, 0.4) is 0 Å². The summed E-state index contributed by atoms with van der Waals surface area (Å²) in [6.45, 7) is 6.22. The van der Waals surface area contributed by atoms with Gasteiger partial charge in [0, 0.05) is 31.0 Å². The van der Waals surface area contributed by atoms with Crippen molar-refractivity contribution in [3.63, 3.8) is 0 Å². The van der Waals surface area contributed by atoms with Crippen molar-refractivity contribution < 1.29 is 4.79 Å². The lowest BCUT2D eigenvalue weighted by atomic mass is 10.1. The van der Waals surface area contributed by atoms with E-state index >= 15 is 0 Å². The van der Waals surface area contributed by atoms with E-state index in [0.717, 1.165) is 17.0 Å². The summed E-state index contributed by atoms with van der Waals surface area (Å²) in [6, 6.07) is 5.11. The van der Waals surface area contributed by atoms with Crippen molar-refractivity contribution in [3.05, 3.63) is 51.2 Å². The summed E-state index contributed by atoms with van der Waals surface area (Å²) in [7, 11) is 1.83. The van der Waals surface area contributed by atoms with Crippen LogP contribution in [0.25, 0.3) is 0 Å². The first kappa shape index (κ1) is 15.0. The lowest BCUT2D eigenvalue weighted by Gasteiger charge is -2.04. The van der Waals surface area contributed by atoms with E-state index in [0.29, 0.717) is 18.2 Å². The Morgan fingerprint density at radius 2 is 2.10 bits per heavy atom. The Morgan fingerprint density at radius 1 is 1.38 bits per heavy atom. The Balaban J connectivity index is 2.08. The van der Waals surface area contributed by atoms with Crippen molar-refractivity contribution >= 4 is 5.91 Å². The molecule has 0 aliphatic carbocycles. The smallest absolute Gasteiger partial charge is 0.272 e. The number of nitrogens with zero attached hydrogens (tertiary/aromatic N) is 2. The van der Waals surface area contributed by atoms with Crippen molar-refractivity contribution in [2.24, 2.45) is 7.05 Å². The van der Waals surface area contributed by atoms with Gasteiger partial charge < -0.3 is 10.3 Å². The van der Waals surface area contributed by atoms with E-state index in [4.69, 9.17) is 0 Å². The second-order valence-electron chi connectivity index (χ2n) is 5.45. The van der Waals surface area contributed by atoms with Crippen LogP contribution in [0.15, 0.2) is 23.0 Å². The number of carbonyl (C=O) groups excluding carboxylic acids is 1. The maximum absolute atomic E-state index is 12.1. The Bertz CT molecular complexity index is 713. The van der Waals surface area contributed by atoms with Gasteiger partial charge in [0.15, 0.2) is 0 Å². The van der Waals surface area contributed by atoms with Crippen LogP contribution in [-0.2, 0) is 13.6 Å². The first-order valence-electron chi connectivity index (χ1n) is 6.89. The van der Waals surface area contributed by atoms with Crippen LogP contribution < -0.4 is 10.9 Å². The number of H-pyrrole nitrogens is 1. The Morgan fingerprint density at radius 3 is 2.67 bits per heavy atom. The SMILES string of the molecule is Cc1cc(CNC(=O)c2cc(C(C)C)n(C)n2)cc(=O)[nH]1. The normalized spacial score (nSPS) is 10.9. The van der Waals surface area contributed by atoms with Crippen LogP contribution >= 0.6 is 0 Å². The van der Waals surface area contributed by atoms with E-state index in [1.54, 1.807) is 17.7 Å². The van der Waals surface area contributed by atoms with Gasteiger partial charge in [0.2, 0.25) is 5.56 Å². The number of rotatable bonds is 4. The summed E-state index contributed by atoms with van der Waals surface area (Å²) in [6.07, 6.45) is 0. The minimum atomic E-state index is -0.240. The molecule has 0 aliphatic heterocycles. The molecule has 6 nitrogen and oxygen atoms in total. The molecule has 112 valence electrons. The fraction of sp³-hybridized carbons (Fsp3) is 0.400. The van der Waals surface area contributed by atoms with Crippen molar-refractivity contribution in [1.29, 1.82) is 0 Å². The molecule has 0 bridgehead atoms.